The number of nitrogens with one attached hydrogen (secondary N) is 4. The molecular formula is C35H59N5O7S3. The molecule has 2 saturated carbocycles. The molecule has 0 aromatic rings. The van der Waals surface area contributed by atoms with Crippen LogP contribution in [-0.4, -0.2) is 105 Å². The first-order chi connectivity index (χ1) is 23.2. The van der Waals surface area contributed by atoms with Crippen molar-refractivity contribution >= 4 is 62.9 Å². The number of urea groups is 1. The molecule has 4 fully saturated rings. The van der Waals surface area contributed by atoms with Crippen molar-refractivity contribution in [3.8, 4) is 0 Å². The highest BCUT2D eigenvalue weighted by molar-refractivity contribution is 8.18. The smallest absolute Gasteiger partial charge is 0.315 e. The van der Waals surface area contributed by atoms with Gasteiger partial charge in [-0.3, -0.25) is 19.2 Å². The van der Waals surface area contributed by atoms with Crippen molar-refractivity contribution < 1.29 is 32.4 Å². The van der Waals surface area contributed by atoms with Gasteiger partial charge in [0.1, 0.15) is 12.1 Å². The number of nitrogens with zero attached hydrogens (tertiary/aromatic N) is 1. The van der Waals surface area contributed by atoms with Gasteiger partial charge in [0, 0.05) is 19.0 Å². The van der Waals surface area contributed by atoms with Gasteiger partial charge < -0.3 is 26.2 Å². The Morgan fingerprint density at radius 1 is 0.900 bits per heavy atom. The van der Waals surface area contributed by atoms with Gasteiger partial charge in [0.2, 0.25) is 17.6 Å². The molecule has 4 aliphatic rings. The summed E-state index contributed by atoms with van der Waals surface area (Å²) in [5, 5.41) is 11.5. The molecule has 284 valence electrons. The van der Waals surface area contributed by atoms with Crippen LogP contribution in [0.5, 0.6) is 0 Å². The molecule has 2 aliphatic heterocycles. The lowest BCUT2D eigenvalue weighted by atomic mass is 9.83. The second-order valence-electron chi connectivity index (χ2n) is 16.7. The van der Waals surface area contributed by atoms with E-state index in [1.165, 1.54) is 0 Å². The second kappa shape index (κ2) is 15.9. The standard InChI is InChI=1S/C35H59N5O7S3/c1-8-13-24(26(41)29(43)36-23-14-15-23)37-28(42)25-20-35(48-18-12-19-49-35)21-40(25)30(44)27(32(2,3)4)38-31(45)39-34(16-10-9-11-17-34)22-50(46,47)33(5,6)7/h23-25,27H,8-22H2,1-7H3,(H,36,43)(H,37,42)(H2,38,39,45)/t24?,25-,27+/m0/s1. The van der Waals surface area contributed by atoms with E-state index in [4.69, 9.17) is 0 Å². The maximum absolute atomic E-state index is 14.6. The maximum Gasteiger partial charge on any atom is 0.315 e. The first-order valence-corrected chi connectivity index (χ1v) is 21.9. The van der Waals surface area contributed by atoms with E-state index in [1.807, 2.05) is 27.7 Å². The minimum atomic E-state index is -3.57. The van der Waals surface area contributed by atoms with Gasteiger partial charge in [0.25, 0.3) is 5.91 Å². The molecule has 5 amide bonds. The number of Topliss-reactive ketones (excluding diaryl/α,β-unsaturated/α-hetero) is 1. The predicted molar refractivity (Wildman–Crippen MR) is 200 cm³/mol. The Morgan fingerprint density at radius 3 is 2.06 bits per heavy atom. The van der Waals surface area contributed by atoms with E-state index in [9.17, 15) is 32.4 Å². The summed E-state index contributed by atoms with van der Waals surface area (Å²) in [6.45, 7) is 12.7. The molecule has 1 spiro atoms. The zero-order valence-electron chi connectivity index (χ0n) is 30.9. The van der Waals surface area contributed by atoms with Crippen LogP contribution in [0.2, 0.25) is 0 Å². The highest BCUT2D eigenvalue weighted by Gasteiger charge is 2.53. The lowest BCUT2D eigenvalue weighted by Crippen LogP contribution is -2.63. The van der Waals surface area contributed by atoms with Crippen molar-refractivity contribution in [2.75, 3.05) is 23.8 Å². The third-order valence-corrected chi connectivity index (χ3v) is 16.4. The van der Waals surface area contributed by atoms with Gasteiger partial charge in [-0.15, -0.1) is 23.5 Å². The third-order valence-electron chi connectivity index (χ3n) is 10.2. The first-order valence-electron chi connectivity index (χ1n) is 18.3. The number of hydrogen-bond donors (Lipinski definition) is 4. The quantitative estimate of drug-likeness (QED) is 0.216. The highest BCUT2D eigenvalue weighted by Crippen LogP contribution is 2.50. The maximum atomic E-state index is 14.6. The van der Waals surface area contributed by atoms with E-state index in [0.717, 1.165) is 50.0 Å². The number of hydrogen-bond acceptors (Lipinski definition) is 9. The molecule has 2 heterocycles. The molecule has 12 nitrogen and oxygen atoms in total. The number of sulfone groups is 1. The van der Waals surface area contributed by atoms with Crippen LogP contribution in [0.4, 0.5) is 4.79 Å². The molecule has 15 heteroatoms. The van der Waals surface area contributed by atoms with Crippen molar-refractivity contribution in [3.05, 3.63) is 0 Å². The van der Waals surface area contributed by atoms with E-state index in [1.54, 1.807) is 49.2 Å². The minimum absolute atomic E-state index is 0.00231. The largest absolute Gasteiger partial charge is 0.347 e. The molecule has 4 rings (SSSR count). The Balaban J connectivity index is 1.57. The van der Waals surface area contributed by atoms with Gasteiger partial charge in [-0.2, -0.15) is 0 Å². The van der Waals surface area contributed by atoms with E-state index in [-0.39, 0.29) is 24.8 Å². The number of rotatable bonds is 12. The van der Waals surface area contributed by atoms with Gasteiger partial charge in [-0.25, -0.2) is 13.2 Å². The Labute approximate surface area is 307 Å². The molecular weight excluding hydrogens is 699 g/mol. The Hall–Kier alpha value is -2.00. The molecule has 1 unspecified atom stereocenters. The van der Waals surface area contributed by atoms with Crippen molar-refractivity contribution in [3.63, 3.8) is 0 Å². The second-order valence-corrected chi connectivity index (χ2v) is 22.7. The molecule has 2 saturated heterocycles. The Kier molecular flexibility index (Phi) is 13.0. The molecule has 4 N–H and O–H groups in total. The molecule has 0 bridgehead atoms. The van der Waals surface area contributed by atoms with Gasteiger partial charge in [-0.1, -0.05) is 53.4 Å². The van der Waals surface area contributed by atoms with Crippen molar-refractivity contribution in [1.29, 1.82) is 0 Å². The lowest BCUT2D eigenvalue weighted by Gasteiger charge is -2.41. The lowest BCUT2D eigenvalue weighted by molar-refractivity contribution is -0.143. The van der Waals surface area contributed by atoms with Crippen LogP contribution in [-0.2, 0) is 29.0 Å². The van der Waals surface area contributed by atoms with Crippen LogP contribution in [0, 0.1) is 5.41 Å². The van der Waals surface area contributed by atoms with Crippen LogP contribution in [0.25, 0.3) is 0 Å². The summed E-state index contributed by atoms with van der Waals surface area (Å²) in [4.78, 5) is 69.9. The third kappa shape index (κ3) is 10.1. The van der Waals surface area contributed by atoms with E-state index in [2.05, 4.69) is 21.3 Å². The monoisotopic (exact) mass is 757 g/mol. The summed E-state index contributed by atoms with van der Waals surface area (Å²) >= 11 is 3.47. The molecule has 50 heavy (non-hydrogen) atoms. The Morgan fingerprint density at radius 2 is 1.52 bits per heavy atom. The summed E-state index contributed by atoms with van der Waals surface area (Å²) in [5.41, 5.74) is -1.72. The van der Waals surface area contributed by atoms with Crippen molar-refractivity contribution in [2.24, 2.45) is 5.41 Å². The van der Waals surface area contributed by atoms with E-state index >= 15 is 0 Å². The van der Waals surface area contributed by atoms with Crippen LogP contribution < -0.4 is 21.3 Å². The normalized spacial score (nSPS) is 23.4. The molecule has 0 radical (unpaired) electrons. The summed E-state index contributed by atoms with van der Waals surface area (Å²) in [7, 11) is -3.57. The van der Waals surface area contributed by atoms with Crippen LogP contribution in [0.15, 0.2) is 0 Å². The van der Waals surface area contributed by atoms with Gasteiger partial charge in [-0.05, 0) is 76.2 Å². The number of carbonyl (C=O) groups is 5. The van der Waals surface area contributed by atoms with Crippen LogP contribution in [0.3, 0.4) is 0 Å². The number of thioether (sulfide) groups is 2. The summed E-state index contributed by atoms with van der Waals surface area (Å²) in [6, 6.07) is -3.57. The average Bonchev–Trinajstić information content (AvgIpc) is 3.76. The SMILES string of the molecule is CCCC(NC(=O)[C@@H]1CC2(CN1C(=O)[C@@H](NC(=O)NC1(CS(=O)(=O)C(C)(C)C)CCCCC1)C(C)(C)C)SCCCS2)C(=O)C(=O)NC1CC1. The molecule has 3 atom stereocenters. The van der Waals surface area contributed by atoms with Gasteiger partial charge in [0.05, 0.1) is 26.2 Å². The molecule has 2 aliphatic carbocycles. The van der Waals surface area contributed by atoms with Gasteiger partial charge in [0.15, 0.2) is 9.84 Å². The fourth-order valence-electron chi connectivity index (χ4n) is 6.94. The Bertz CT molecular complexity index is 1390. The summed E-state index contributed by atoms with van der Waals surface area (Å²) < 4.78 is 25.3. The zero-order chi connectivity index (χ0) is 37.1. The number of carbonyl (C=O) groups excluding carboxylic acids is 5. The van der Waals surface area contributed by atoms with Crippen LogP contribution >= 0.6 is 23.5 Å². The van der Waals surface area contributed by atoms with Crippen molar-refractivity contribution in [2.45, 2.75) is 158 Å². The summed E-state index contributed by atoms with van der Waals surface area (Å²) in [6.07, 6.45) is 7.48. The number of ketones is 1. The number of amides is 5. The highest BCUT2D eigenvalue weighted by atomic mass is 32.2. The topological polar surface area (TPSA) is 171 Å². The zero-order valence-corrected chi connectivity index (χ0v) is 33.4. The average molecular weight is 758 g/mol. The molecule has 0 aromatic heterocycles. The van der Waals surface area contributed by atoms with E-state index < -0.39 is 77.3 Å². The minimum Gasteiger partial charge on any atom is -0.347 e. The predicted octanol–water partition coefficient (Wildman–Crippen LogP) is 3.92. The van der Waals surface area contributed by atoms with Gasteiger partial charge >= 0.3 is 6.03 Å². The molecule has 0 aromatic carbocycles. The fraction of sp³-hybridized carbons (Fsp3) is 0.857. The first kappa shape index (κ1) is 40.8. The van der Waals surface area contributed by atoms with Crippen molar-refractivity contribution in [1.82, 2.24) is 26.2 Å². The summed E-state index contributed by atoms with van der Waals surface area (Å²) in [5.74, 6) is -0.688. The van der Waals surface area contributed by atoms with Crippen LogP contribution in [0.1, 0.15) is 119 Å². The fourth-order valence-corrected chi connectivity index (χ4v) is 11.8. The number of likely N-dealkylation sites (tertiary alicyclic amines) is 1. The van der Waals surface area contributed by atoms with E-state index in [0.29, 0.717) is 25.7 Å².